The van der Waals surface area contributed by atoms with Crippen molar-refractivity contribution in [2.75, 3.05) is 37.0 Å². The van der Waals surface area contributed by atoms with Gasteiger partial charge in [-0.25, -0.2) is 28.4 Å². The minimum Gasteiger partial charge on any atom is -0.756 e. The number of nitrogen functional groups attached to an aromatic ring is 3. The van der Waals surface area contributed by atoms with E-state index in [1.807, 2.05) is 36.4 Å². The third-order valence-corrected chi connectivity index (χ3v) is 13.5. The second-order valence-electron chi connectivity index (χ2n) is 13.6. The zero-order valence-electron chi connectivity index (χ0n) is 31.3. The van der Waals surface area contributed by atoms with Crippen molar-refractivity contribution in [3.8, 4) is 0 Å². The summed E-state index contributed by atoms with van der Waals surface area (Å²) in [5.41, 5.74) is 21.3. The number of benzene rings is 2. The lowest BCUT2D eigenvalue weighted by molar-refractivity contribution is -0.645. The molecule has 0 spiro atoms. The summed E-state index contributed by atoms with van der Waals surface area (Å²) in [6.07, 6.45) is -1.16. The summed E-state index contributed by atoms with van der Waals surface area (Å²) < 4.78 is 63.1. The molecule has 0 aliphatic carbocycles. The summed E-state index contributed by atoms with van der Waals surface area (Å²) >= 11 is 0. The molecule has 26 heteroatoms. The van der Waals surface area contributed by atoms with Crippen LogP contribution in [-0.4, -0.2) is 83.5 Å². The smallest absolute Gasteiger partial charge is 0.487 e. The van der Waals surface area contributed by atoms with Crippen molar-refractivity contribution in [1.82, 2.24) is 24.8 Å². The number of phosphoric acid groups is 3. The molecule has 11 N–H and O–H groups in total. The minimum absolute atomic E-state index is 0.0342. The van der Waals surface area contributed by atoms with Crippen LogP contribution in [0.15, 0.2) is 55.1 Å². The molecule has 3 aromatic heterocycles. The Labute approximate surface area is 335 Å². The largest absolute Gasteiger partial charge is 0.756 e. The standard InChI is InChI=1S/C33H44N9O14P3/c34-22-9-7-20-14-21-8-10-23(35)16-25(21)41(24(20)15-22)12-5-6-27(43)37-11-3-1-2-4-13-52-57(46,47)55-59(50,51)56-58(48,49)53-17-26-29(44)30(45)33(54-26)42-19-40-28-31(36)38-18-39-32(28)42/h7-10,14-16,18-19,26,29-30,33,44-45H,1-6,11-13,17H2,(H9,34,35,36,37,38,39,43,46,47,48,49,50,51)/t26-,29-,30-,33-/m1/s1. The Morgan fingerprint density at radius 1 is 0.864 bits per heavy atom. The monoisotopic (exact) mass is 883 g/mol. The Hall–Kier alpha value is -4.18. The lowest BCUT2D eigenvalue weighted by atomic mass is 10.1. The highest BCUT2D eigenvalue weighted by atomic mass is 31.3. The Bertz CT molecular complexity index is 2400. The maximum absolute atomic E-state index is 12.5. The number of phosphoric ester groups is 2. The Morgan fingerprint density at radius 2 is 1.54 bits per heavy atom. The van der Waals surface area contributed by atoms with E-state index in [2.05, 4.69) is 48.6 Å². The maximum Gasteiger partial charge on any atom is 0.487 e. The molecule has 23 nitrogen and oxygen atoms in total. The number of carbonyl (C=O) groups excluding carboxylic acids is 1. The summed E-state index contributed by atoms with van der Waals surface area (Å²) in [4.78, 5) is 56.4. The van der Waals surface area contributed by atoms with Gasteiger partial charge < -0.3 is 56.7 Å². The number of anilines is 3. The number of unbranched alkanes of at least 4 members (excludes halogenated alkanes) is 3. The molecule has 2 aromatic carbocycles. The number of rotatable bonds is 20. The SMILES string of the molecule is Nc1ccc2cc3ccc(N)cc3[n+](CCCC(=O)NCCCCCCOP(=O)([O-])OP(=O)(O)OP(=O)(O)OC[C@H]3O[C@@H](n4cnc5c(N)ncnc54)[C@H](O)[C@@H]3O)c2c1. The van der Waals surface area contributed by atoms with E-state index in [4.69, 9.17) is 21.9 Å². The van der Waals surface area contributed by atoms with E-state index in [1.165, 1.54) is 10.9 Å². The van der Waals surface area contributed by atoms with Crippen molar-refractivity contribution in [1.29, 1.82) is 0 Å². The second kappa shape index (κ2) is 18.6. The molecule has 1 amide bonds. The van der Waals surface area contributed by atoms with E-state index in [-0.39, 0.29) is 35.7 Å². The Balaban J connectivity index is 0.860. The summed E-state index contributed by atoms with van der Waals surface area (Å²) in [7, 11) is -16.9. The van der Waals surface area contributed by atoms with Crippen LogP contribution in [0.3, 0.4) is 0 Å². The van der Waals surface area contributed by atoms with Gasteiger partial charge in [0, 0.05) is 53.7 Å². The fourth-order valence-electron chi connectivity index (χ4n) is 6.48. The first-order chi connectivity index (χ1) is 27.9. The molecule has 1 aliphatic heterocycles. The molecule has 3 unspecified atom stereocenters. The zero-order valence-corrected chi connectivity index (χ0v) is 33.9. The Morgan fingerprint density at radius 3 is 2.24 bits per heavy atom. The average Bonchev–Trinajstić information content (AvgIpc) is 3.71. The van der Waals surface area contributed by atoms with Gasteiger partial charge in [-0.05, 0) is 43.2 Å². The lowest BCUT2D eigenvalue weighted by Gasteiger charge is -2.25. The predicted molar refractivity (Wildman–Crippen MR) is 208 cm³/mol. The van der Waals surface area contributed by atoms with Gasteiger partial charge in [0.2, 0.25) is 16.9 Å². The number of aliphatic hydroxyl groups excluding tert-OH is 2. The number of fused-ring (bicyclic) bond motifs is 3. The van der Waals surface area contributed by atoms with Gasteiger partial charge in [0.05, 0.1) is 19.5 Å². The first-order valence-electron chi connectivity index (χ1n) is 18.2. The molecule has 5 aromatic rings. The van der Waals surface area contributed by atoms with Gasteiger partial charge in [0.25, 0.3) is 7.82 Å². The van der Waals surface area contributed by atoms with Crippen LogP contribution >= 0.6 is 23.5 Å². The Kier molecular flexibility index (Phi) is 14.0. The highest BCUT2D eigenvalue weighted by Gasteiger charge is 2.46. The van der Waals surface area contributed by atoms with Gasteiger partial charge in [-0.15, -0.1) is 0 Å². The highest BCUT2D eigenvalue weighted by Crippen LogP contribution is 2.66. The third kappa shape index (κ3) is 11.4. The number of nitrogens with one attached hydrogen (secondary N) is 1. The topological polar surface area (TPSA) is 356 Å². The first-order valence-corrected chi connectivity index (χ1v) is 22.7. The summed E-state index contributed by atoms with van der Waals surface area (Å²) in [5.74, 6) is -0.0964. The number of pyridine rings is 1. The van der Waals surface area contributed by atoms with Gasteiger partial charge >= 0.3 is 15.6 Å². The van der Waals surface area contributed by atoms with Crippen LogP contribution in [0.25, 0.3) is 33.0 Å². The van der Waals surface area contributed by atoms with Crippen LogP contribution in [0.1, 0.15) is 44.8 Å². The molecule has 320 valence electrons. The van der Waals surface area contributed by atoms with Gasteiger partial charge in [0.1, 0.15) is 36.7 Å². The molecule has 7 atom stereocenters. The molecule has 0 bridgehead atoms. The molecular weight excluding hydrogens is 839 g/mol. The van der Waals surface area contributed by atoms with Crippen molar-refractivity contribution in [3.05, 3.63) is 55.1 Å². The van der Waals surface area contributed by atoms with E-state index >= 15 is 0 Å². The molecule has 6 rings (SSSR count). The third-order valence-electron chi connectivity index (χ3n) is 9.24. The number of hydrogen-bond donors (Lipinski definition) is 8. The predicted octanol–water partition coefficient (Wildman–Crippen LogP) is 1.68. The van der Waals surface area contributed by atoms with Crippen molar-refractivity contribution < 1.29 is 70.4 Å². The fourth-order valence-corrected chi connectivity index (χ4v) is 9.99. The molecule has 0 radical (unpaired) electrons. The van der Waals surface area contributed by atoms with Crippen LogP contribution in [0.4, 0.5) is 17.2 Å². The fraction of sp³-hybridized carbons (Fsp3) is 0.424. The number of aromatic nitrogens is 5. The van der Waals surface area contributed by atoms with E-state index in [9.17, 15) is 43.4 Å². The number of hydrogen-bond acceptors (Lipinski definition) is 18. The van der Waals surface area contributed by atoms with E-state index in [0.717, 1.165) is 28.1 Å². The van der Waals surface area contributed by atoms with Gasteiger partial charge in [-0.2, -0.15) is 8.88 Å². The average molecular weight is 884 g/mol. The molecule has 59 heavy (non-hydrogen) atoms. The zero-order chi connectivity index (χ0) is 42.5. The van der Waals surface area contributed by atoms with E-state index < -0.39 is 61.2 Å². The summed E-state index contributed by atoms with van der Waals surface area (Å²) in [5, 5.41) is 25.8. The first kappa shape index (κ1) is 44.4. The van der Waals surface area contributed by atoms with Gasteiger partial charge in [-0.3, -0.25) is 18.5 Å². The van der Waals surface area contributed by atoms with Gasteiger partial charge in [0.15, 0.2) is 17.7 Å². The van der Waals surface area contributed by atoms with Crippen LogP contribution in [0.2, 0.25) is 0 Å². The van der Waals surface area contributed by atoms with Crippen molar-refractivity contribution >= 4 is 79.5 Å². The number of nitrogens with zero attached hydrogens (tertiary/aromatic N) is 5. The number of carbonyl (C=O) groups is 1. The number of amides is 1. The number of imidazole rings is 1. The molecule has 0 saturated carbocycles. The van der Waals surface area contributed by atoms with E-state index in [0.29, 0.717) is 50.1 Å². The molecular formula is C33H44N9O14P3. The second-order valence-corrected chi connectivity index (χ2v) is 18.2. The normalized spacial score (nSPS) is 21.4. The molecule has 1 fully saturated rings. The van der Waals surface area contributed by atoms with Crippen LogP contribution in [-0.2, 0) is 47.4 Å². The number of nitrogens with two attached hydrogens (primary N) is 3. The van der Waals surface area contributed by atoms with Gasteiger partial charge in [-0.1, -0.05) is 12.8 Å². The maximum atomic E-state index is 12.5. The van der Waals surface area contributed by atoms with Crippen molar-refractivity contribution in [3.63, 3.8) is 0 Å². The van der Waals surface area contributed by atoms with Crippen LogP contribution < -0.4 is 32.0 Å². The number of aliphatic hydroxyl groups is 2. The number of aryl methyl sites for hydroxylation is 1. The molecule has 1 saturated heterocycles. The summed E-state index contributed by atoms with van der Waals surface area (Å²) in [6, 6.07) is 13.4. The molecule has 1 aliphatic rings. The molecule has 4 heterocycles. The lowest BCUT2D eigenvalue weighted by Crippen LogP contribution is -2.36. The summed E-state index contributed by atoms with van der Waals surface area (Å²) in [6.45, 7) is -0.492. The van der Waals surface area contributed by atoms with Crippen molar-refractivity contribution in [2.24, 2.45) is 0 Å². The minimum atomic E-state index is -5.82. The van der Waals surface area contributed by atoms with E-state index in [1.54, 1.807) is 0 Å². The highest BCUT2D eigenvalue weighted by molar-refractivity contribution is 7.66. The van der Waals surface area contributed by atoms with Crippen molar-refractivity contribution in [2.45, 2.75) is 69.6 Å². The van der Waals surface area contributed by atoms with Crippen LogP contribution in [0, 0.1) is 0 Å². The quantitative estimate of drug-likeness (QED) is 0.0181. The number of ether oxygens (including phenoxy) is 1. The van der Waals surface area contributed by atoms with Crippen LogP contribution in [0.5, 0.6) is 0 Å².